The van der Waals surface area contributed by atoms with Crippen molar-refractivity contribution in [2.24, 2.45) is 0 Å². The van der Waals surface area contributed by atoms with Gasteiger partial charge in [0.05, 0.1) is 11.2 Å². The van der Waals surface area contributed by atoms with Crippen LogP contribution in [0, 0.1) is 6.92 Å². The van der Waals surface area contributed by atoms with Gasteiger partial charge in [-0.25, -0.2) is 0 Å². The molecule has 0 saturated carbocycles. The van der Waals surface area contributed by atoms with E-state index in [9.17, 15) is 0 Å². The monoisotopic (exact) mass is 348 g/mol. The molecule has 5 aromatic rings. The van der Waals surface area contributed by atoms with E-state index in [4.69, 9.17) is 5.73 Å². The lowest BCUT2D eigenvalue weighted by Crippen LogP contribution is -1.89. The van der Waals surface area contributed by atoms with Crippen LogP contribution in [-0.4, -0.2) is 4.98 Å². The molecule has 0 fully saturated rings. The van der Waals surface area contributed by atoms with Crippen LogP contribution < -0.4 is 5.73 Å². The number of rotatable bonds is 0. The van der Waals surface area contributed by atoms with E-state index in [2.05, 4.69) is 84.7 Å². The number of aryl methyl sites for hydroxylation is 1. The van der Waals surface area contributed by atoms with Crippen LogP contribution in [0.5, 0.6) is 0 Å². The normalized spacial score (nSPS) is 11.3. The van der Waals surface area contributed by atoms with E-state index in [0.29, 0.717) is 0 Å². The molecule has 0 aliphatic carbocycles. The van der Waals surface area contributed by atoms with Crippen LogP contribution >= 0.6 is 0 Å². The molecular weight excluding hydrogens is 328 g/mol. The van der Waals surface area contributed by atoms with E-state index in [1.54, 1.807) is 0 Å². The number of benzene rings is 4. The quantitative estimate of drug-likeness (QED) is 0.303. The summed E-state index contributed by atoms with van der Waals surface area (Å²) in [5.74, 6) is 0. The van der Waals surface area contributed by atoms with Crippen molar-refractivity contribution >= 4 is 49.0 Å². The Morgan fingerprint density at radius 3 is 1.56 bits per heavy atom. The third-order valence-corrected chi connectivity index (χ3v) is 5.34. The molecule has 0 atom stereocenters. The van der Waals surface area contributed by atoms with Gasteiger partial charge in [0.15, 0.2) is 0 Å². The van der Waals surface area contributed by atoms with Gasteiger partial charge in [0.1, 0.15) is 0 Å². The van der Waals surface area contributed by atoms with Crippen LogP contribution in [0.4, 0.5) is 5.69 Å². The van der Waals surface area contributed by atoms with Gasteiger partial charge in [0.2, 0.25) is 0 Å². The fourth-order valence-corrected chi connectivity index (χ4v) is 4.02. The molecule has 27 heavy (non-hydrogen) atoms. The second-order valence-corrected chi connectivity index (χ2v) is 6.98. The SMILES string of the molecule is Cc1cccc2c1[nH]c1c(N)cccc1c1ccccc1c1ccccc21. The number of aromatic amines is 1. The first kappa shape index (κ1) is 15.7. The molecule has 0 aliphatic heterocycles. The smallest absolute Gasteiger partial charge is 0.0697 e. The Kier molecular flexibility index (Phi) is 3.51. The lowest BCUT2D eigenvalue weighted by Gasteiger charge is -2.04. The van der Waals surface area contributed by atoms with E-state index in [1.807, 2.05) is 12.1 Å². The number of aromatic nitrogens is 1. The maximum atomic E-state index is 6.42. The Hall–Kier alpha value is -3.52. The standard InChI is InChI=1S/C25H20N2/c1-16-8-6-13-21-19-11-4-2-9-17(19)18-10-3-5-12-20(18)22-14-7-15-23(26)25(22)27-24(16)21/h2-15,27H,26H2,1H3. The molecule has 3 N–H and O–H groups in total. The van der Waals surface area contributed by atoms with Crippen molar-refractivity contribution in [1.29, 1.82) is 0 Å². The van der Waals surface area contributed by atoms with E-state index in [-0.39, 0.29) is 0 Å². The topological polar surface area (TPSA) is 41.8 Å². The minimum Gasteiger partial charge on any atom is -0.397 e. The average molecular weight is 348 g/mol. The number of hydrogen-bond donors (Lipinski definition) is 2. The predicted octanol–water partition coefficient (Wildman–Crippen LogP) is 6.64. The first-order chi connectivity index (χ1) is 13.2. The lowest BCUT2D eigenvalue weighted by atomic mass is 10.0. The number of para-hydroxylation sites is 2. The highest BCUT2D eigenvalue weighted by Crippen LogP contribution is 2.32. The summed E-state index contributed by atoms with van der Waals surface area (Å²) in [6.07, 6.45) is 0. The first-order valence-electron chi connectivity index (χ1n) is 9.18. The van der Waals surface area contributed by atoms with Crippen molar-refractivity contribution in [2.45, 2.75) is 6.92 Å². The summed E-state index contributed by atoms with van der Waals surface area (Å²) in [4.78, 5) is 3.68. The van der Waals surface area contributed by atoms with Crippen molar-refractivity contribution < 1.29 is 0 Å². The fraction of sp³-hybridized carbons (Fsp3) is 0.0400. The zero-order valence-corrected chi connectivity index (χ0v) is 15.2. The van der Waals surface area contributed by atoms with E-state index in [0.717, 1.165) is 22.1 Å². The third-order valence-electron chi connectivity index (χ3n) is 5.34. The summed E-state index contributed by atoms with van der Waals surface area (Å²) in [7, 11) is 0. The van der Waals surface area contributed by atoms with Gasteiger partial charge >= 0.3 is 0 Å². The lowest BCUT2D eigenvalue weighted by molar-refractivity contribution is 1.44. The number of nitrogens with two attached hydrogens (primary N) is 1. The Bertz CT molecular complexity index is 1290. The molecule has 2 nitrogen and oxygen atoms in total. The molecule has 0 saturated heterocycles. The number of nitrogen functional groups attached to an aromatic ring is 1. The number of anilines is 1. The maximum Gasteiger partial charge on any atom is 0.0697 e. The van der Waals surface area contributed by atoms with E-state index < -0.39 is 0 Å². The van der Waals surface area contributed by atoms with Gasteiger partial charge in [0.25, 0.3) is 0 Å². The number of nitrogens with one attached hydrogen (secondary N) is 1. The van der Waals surface area contributed by atoms with E-state index in [1.165, 1.54) is 32.5 Å². The van der Waals surface area contributed by atoms with E-state index >= 15 is 0 Å². The fourth-order valence-electron chi connectivity index (χ4n) is 4.02. The first-order valence-corrected chi connectivity index (χ1v) is 9.18. The van der Waals surface area contributed by atoms with Crippen molar-refractivity contribution in [2.75, 3.05) is 5.73 Å². The van der Waals surface area contributed by atoms with Gasteiger partial charge in [-0.15, -0.1) is 0 Å². The minimum atomic E-state index is 0.752. The van der Waals surface area contributed by atoms with Crippen molar-refractivity contribution in [3.8, 4) is 0 Å². The minimum absolute atomic E-state index is 0.752. The summed E-state index contributed by atoms with van der Waals surface area (Å²) >= 11 is 0. The summed E-state index contributed by atoms with van der Waals surface area (Å²) in [6, 6.07) is 29.7. The highest BCUT2D eigenvalue weighted by atomic mass is 14.7. The van der Waals surface area contributed by atoms with Crippen LogP contribution in [-0.2, 0) is 0 Å². The van der Waals surface area contributed by atoms with Crippen LogP contribution in [0.3, 0.4) is 0 Å². The van der Waals surface area contributed by atoms with Crippen molar-refractivity contribution in [1.82, 2.24) is 4.98 Å². The number of fused-ring (bicyclic) bond motifs is 7. The van der Waals surface area contributed by atoms with Crippen molar-refractivity contribution in [3.05, 3.63) is 90.5 Å². The molecule has 0 amide bonds. The summed E-state index contributed by atoms with van der Waals surface area (Å²) in [5.41, 5.74) is 10.4. The maximum absolute atomic E-state index is 6.42. The van der Waals surface area contributed by atoms with Crippen molar-refractivity contribution in [3.63, 3.8) is 0 Å². The highest BCUT2D eigenvalue weighted by molar-refractivity contribution is 6.20. The molecule has 130 valence electrons. The summed E-state index contributed by atoms with van der Waals surface area (Å²) in [5, 5.41) is 7.17. The van der Waals surface area contributed by atoms with Gasteiger partial charge in [-0.3, -0.25) is 0 Å². The van der Waals surface area contributed by atoms with Crippen LogP contribution in [0.25, 0.3) is 43.4 Å². The van der Waals surface area contributed by atoms with Gasteiger partial charge in [-0.1, -0.05) is 78.9 Å². The molecular formula is C25H20N2. The van der Waals surface area contributed by atoms with Gasteiger partial charge < -0.3 is 10.7 Å². The zero-order valence-electron chi connectivity index (χ0n) is 15.2. The van der Waals surface area contributed by atoms with Gasteiger partial charge in [-0.05, 0) is 40.1 Å². The second kappa shape index (κ2) is 6.03. The zero-order chi connectivity index (χ0) is 18.4. The molecule has 0 radical (unpaired) electrons. The molecule has 0 spiro atoms. The number of H-pyrrole nitrogens is 1. The van der Waals surface area contributed by atoms with Crippen LogP contribution in [0.1, 0.15) is 5.56 Å². The molecule has 2 heteroatoms. The summed E-state index contributed by atoms with van der Waals surface area (Å²) < 4.78 is 0. The number of hydrogen-bond acceptors (Lipinski definition) is 1. The molecule has 0 aliphatic rings. The van der Waals surface area contributed by atoms with Gasteiger partial charge in [0, 0.05) is 16.3 Å². The Balaban J connectivity index is 2.30. The molecule has 1 heterocycles. The van der Waals surface area contributed by atoms with Gasteiger partial charge in [-0.2, -0.15) is 0 Å². The molecule has 0 unspecified atom stereocenters. The molecule has 4 aromatic carbocycles. The second-order valence-electron chi connectivity index (χ2n) is 6.98. The van der Waals surface area contributed by atoms with Crippen LogP contribution in [0.2, 0.25) is 0 Å². The predicted molar refractivity (Wildman–Crippen MR) is 118 cm³/mol. The molecule has 5 rings (SSSR count). The Labute approximate surface area is 157 Å². The third kappa shape index (κ3) is 2.42. The molecule has 1 aromatic heterocycles. The highest BCUT2D eigenvalue weighted by Gasteiger charge is 2.07. The summed E-state index contributed by atoms with van der Waals surface area (Å²) in [6.45, 7) is 2.14. The molecule has 0 bridgehead atoms. The van der Waals surface area contributed by atoms with Crippen LogP contribution in [0.15, 0.2) is 84.9 Å². The Morgan fingerprint density at radius 2 is 0.963 bits per heavy atom. The Morgan fingerprint density at radius 1 is 0.519 bits per heavy atom. The average Bonchev–Trinajstić information content (AvgIpc) is 2.75. The largest absolute Gasteiger partial charge is 0.397 e.